The van der Waals surface area contributed by atoms with Crippen molar-refractivity contribution < 1.29 is 18.4 Å². The van der Waals surface area contributed by atoms with Gasteiger partial charge < -0.3 is 5.11 Å². The lowest BCUT2D eigenvalue weighted by atomic mass is 10.1. The zero-order valence-corrected chi connectivity index (χ0v) is 7.17. The van der Waals surface area contributed by atoms with Crippen molar-refractivity contribution in [2.45, 2.75) is 0 Å². The summed E-state index contributed by atoms with van der Waals surface area (Å²) >= 11 is 0. The number of aromatic hydroxyl groups is 1. The molecule has 2 rings (SSSR count). The maximum atomic E-state index is 13.2. The maximum Gasteiger partial charge on any atom is 0.267 e. The normalized spacial score (nSPS) is 10.9. The van der Waals surface area contributed by atoms with Gasteiger partial charge in [0.25, 0.3) is 5.95 Å². The van der Waals surface area contributed by atoms with E-state index in [2.05, 4.69) is 0 Å². The topological polar surface area (TPSA) is 42.2 Å². The standard InChI is InChI=1S/C9H4F3NO2/c10-7-6-4(2-1-3-5(6)14)13(12)9(11)8(7)15/h1-3,15H. The van der Waals surface area contributed by atoms with E-state index in [1.54, 1.807) is 0 Å². The van der Waals surface area contributed by atoms with Crippen molar-refractivity contribution >= 4 is 0 Å². The third kappa shape index (κ3) is 1.18. The van der Waals surface area contributed by atoms with Crippen LogP contribution in [0, 0.1) is 11.8 Å². The monoisotopic (exact) mass is 215 g/mol. The van der Waals surface area contributed by atoms with Crippen molar-refractivity contribution in [1.29, 1.82) is 0 Å². The van der Waals surface area contributed by atoms with Crippen LogP contribution in [0.1, 0.15) is 0 Å². The summed E-state index contributed by atoms with van der Waals surface area (Å²) in [5.74, 6) is -4.74. The number of benzene rings is 1. The molecule has 3 nitrogen and oxygen atoms in total. The Hall–Kier alpha value is -1.98. The number of hydrogen-bond acceptors (Lipinski definition) is 2. The predicted molar refractivity (Wildman–Crippen MR) is 45.4 cm³/mol. The van der Waals surface area contributed by atoms with Crippen LogP contribution < -0.4 is 5.43 Å². The van der Waals surface area contributed by atoms with Crippen molar-refractivity contribution in [1.82, 2.24) is 4.79 Å². The van der Waals surface area contributed by atoms with Gasteiger partial charge in [-0.05, 0) is 12.1 Å². The first-order valence-electron chi connectivity index (χ1n) is 3.92. The Bertz CT molecular complexity index is 564. The summed E-state index contributed by atoms with van der Waals surface area (Å²) in [7, 11) is 0. The van der Waals surface area contributed by atoms with Gasteiger partial charge in [-0.25, -0.2) is 4.39 Å². The lowest BCUT2D eigenvalue weighted by Gasteiger charge is -2.10. The molecule has 0 aromatic carbocycles. The van der Waals surface area contributed by atoms with Gasteiger partial charge >= 0.3 is 0 Å². The number of fused-ring (bicyclic) bond motifs is 1. The van der Waals surface area contributed by atoms with E-state index in [0.717, 1.165) is 18.2 Å². The minimum atomic E-state index is -1.77. The first kappa shape index (κ1) is 9.57. The summed E-state index contributed by atoms with van der Waals surface area (Å²) in [4.78, 5) is 10.6. The van der Waals surface area contributed by atoms with Crippen LogP contribution in [-0.2, 0) is 0 Å². The van der Waals surface area contributed by atoms with Gasteiger partial charge in [-0.2, -0.15) is 4.39 Å². The SMILES string of the molecule is O=c1cccc2n(F)c(F)c(O)c(F)c1-2. The van der Waals surface area contributed by atoms with Gasteiger partial charge in [-0.1, -0.05) is 10.5 Å². The van der Waals surface area contributed by atoms with Crippen LogP contribution in [0.3, 0.4) is 0 Å². The lowest BCUT2D eigenvalue weighted by molar-refractivity contribution is 0.267. The largest absolute Gasteiger partial charge is 0.502 e. The van der Waals surface area contributed by atoms with E-state index < -0.39 is 39.0 Å². The van der Waals surface area contributed by atoms with Gasteiger partial charge in [-0.15, -0.1) is 4.79 Å². The van der Waals surface area contributed by atoms with Crippen molar-refractivity contribution in [3.63, 3.8) is 0 Å². The van der Waals surface area contributed by atoms with Crippen LogP contribution in [0.4, 0.5) is 13.3 Å². The number of nitrogens with zero attached hydrogens (tertiary/aromatic N) is 1. The van der Waals surface area contributed by atoms with E-state index in [-0.39, 0.29) is 0 Å². The lowest BCUT2D eigenvalue weighted by Crippen LogP contribution is -2.12. The molecule has 2 aliphatic rings. The molecule has 0 saturated carbocycles. The fourth-order valence-corrected chi connectivity index (χ4v) is 1.31. The van der Waals surface area contributed by atoms with E-state index in [4.69, 9.17) is 5.11 Å². The van der Waals surface area contributed by atoms with Crippen LogP contribution in [0.25, 0.3) is 11.3 Å². The van der Waals surface area contributed by atoms with Gasteiger partial charge in [0.1, 0.15) is 0 Å². The zero-order valence-electron chi connectivity index (χ0n) is 7.17. The van der Waals surface area contributed by atoms with Crippen LogP contribution in [-0.4, -0.2) is 9.90 Å². The first-order valence-corrected chi connectivity index (χ1v) is 3.92. The summed E-state index contributed by atoms with van der Waals surface area (Å²) in [5.41, 5.74) is -2.07. The summed E-state index contributed by atoms with van der Waals surface area (Å²) in [6.45, 7) is 0. The number of hydrogen-bond donors (Lipinski definition) is 1. The molecular weight excluding hydrogens is 211 g/mol. The van der Waals surface area contributed by atoms with Crippen molar-refractivity contribution in [3.8, 4) is 17.0 Å². The highest BCUT2D eigenvalue weighted by atomic mass is 19.2. The highest BCUT2D eigenvalue weighted by Gasteiger charge is 2.24. The summed E-state index contributed by atoms with van der Waals surface area (Å²) in [6, 6.07) is 3.18. The predicted octanol–water partition coefficient (Wildman–Crippen LogP) is 1.67. The van der Waals surface area contributed by atoms with Crippen LogP contribution in [0.2, 0.25) is 0 Å². The molecule has 0 amide bonds. The van der Waals surface area contributed by atoms with Crippen LogP contribution in [0.15, 0.2) is 23.0 Å². The molecule has 0 spiro atoms. The molecule has 0 saturated heterocycles. The van der Waals surface area contributed by atoms with Crippen molar-refractivity contribution in [3.05, 3.63) is 40.2 Å². The zero-order chi connectivity index (χ0) is 11.2. The molecule has 0 fully saturated rings. The minimum Gasteiger partial charge on any atom is -0.502 e. The Labute approximate surface area is 81.3 Å². The van der Waals surface area contributed by atoms with Gasteiger partial charge in [0.05, 0.1) is 11.3 Å². The van der Waals surface area contributed by atoms with Gasteiger partial charge in [0.15, 0.2) is 11.2 Å². The number of halogens is 3. The quantitative estimate of drug-likeness (QED) is 0.679. The summed E-state index contributed by atoms with van der Waals surface area (Å²) < 4.78 is 39.2. The van der Waals surface area contributed by atoms with E-state index in [0.29, 0.717) is 0 Å². The van der Waals surface area contributed by atoms with Crippen molar-refractivity contribution in [2.24, 2.45) is 0 Å². The second-order valence-electron chi connectivity index (χ2n) is 2.88. The van der Waals surface area contributed by atoms with E-state index in [9.17, 15) is 18.1 Å². The Morgan fingerprint density at radius 3 is 2.60 bits per heavy atom. The molecule has 1 heterocycles. The van der Waals surface area contributed by atoms with Crippen LogP contribution in [0.5, 0.6) is 5.75 Å². The molecule has 1 aliphatic heterocycles. The van der Waals surface area contributed by atoms with Gasteiger partial charge in [0.2, 0.25) is 5.75 Å². The Balaban J connectivity index is 3.06. The van der Waals surface area contributed by atoms with E-state index in [1.807, 2.05) is 0 Å². The van der Waals surface area contributed by atoms with Crippen molar-refractivity contribution in [2.75, 3.05) is 0 Å². The van der Waals surface area contributed by atoms with Crippen LogP contribution >= 0.6 is 0 Å². The highest BCUT2D eigenvalue weighted by Crippen LogP contribution is 2.30. The second kappa shape index (κ2) is 3.01. The van der Waals surface area contributed by atoms with Gasteiger partial charge in [0, 0.05) is 0 Å². The Morgan fingerprint density at radius 1 is 1.27 bits per heavy atom. The molecule has 0 radical (unpaired) electrons. The smallest absolute Gasteiger partial charge is 0.267 e. The summed E-state index contributed by atoms with van der Waals surface area (Å²) in [5, 5.41) is 8.86. The fraction of sp³-hybridized carbons (Fsp3) is 0. The third-order valence-electron chi connectivity index (χ3n) is 2.01. The molecule has 1 N–H and O–H groups in total. The second-order valence-corrected chi connectivity index (χ2v) is 2.88. The molecule has 0 aromatic rings. The molecular formula is C9H4F3NO2. The molecule has 6 heteroatoms. The fourth-order valence-electron chi connectivity index (χ4n) is 1.31. The minimum absolute atomic E-state index is 0.560. The van der Waals surface area contributed by atoms with E-state index in [1.165, 1.54) is 0 Å². The molecule has 0 unspecified atom stereocenters. The number of rotatable bonds is 0. The van der Waals surface area contributed by atoms with E-state index >= 15 is 0 Å². The molecule has 0 aromatic heterocycles. The highest BCUT2D eigenvalue weighted by molar-refractivity contribution is 5.63. The number of aromatic nitrogens is 1. The molecule has 1 aliphatic carbocycles. The maximum absolute atomic E-state index is 13.2. The first-order chi connectivity index (χ1) is 7.04. The Kier molecular flexibility index (Phi) is 1.92. The summed E-state index contributed by atoms with van der Waals surface area (Å²) in [6.07, 6.45) is 0. The molecule has 0 bridgehead atoms. The average molecular weight is 215 g/mol. The Morgan fingerprint density at radius 2 is 1.93 bits per heavy atom. The van der Waals surface area contributed by atoms with Gasteiger partial charge in [-0.3, -0.25) is 4.79 Å². The molecule has 78 valence electrons. The number of pyridine rings is 1. The molecule has 15 heavy (non-hydrogen) atoms. The third-order valence-corrected chi connectivity index (χ3v) is 2.01. The average Bonchev–Trinajstić information content (AvgIpc) is 2.23. The molecule has 0 atom stereocenters.